The second-order valence-electron chi connectivity index (χ2n) is 6.94. The molecule has 0 spiro atoms. The van der Waals surface area contributed by atoms with E-state index in [-0.39, 0.29) is 5.91 Å². The Morgan fingerprint density at radius 1 is 1.10 bits per heavy atom. The standard InChI is InChI=1S/C22H24N4O2S/c1-28-20-9-5-6-17(14-20)21(27)26-12-10-25(11-13-26)15-19-16-29-22(24-19)23-18-7-3-2-4-8-18/h2-9,14,16H,10-13,15H2,1H3,(H,23,24). The van der Waals surface area contributed by atoms with Crippen molar-refractivity contribution in [3.05, 3.63) is 71.2 Å². The van der Waals surface area contributed by atoms with Crippen molar-refractivity contribution in [2.75, 3.05) is 38.6 Å². The normalized spacial score (nSPS) is 14.6. The summed E-state index contributed by atoms with van der Waals surface area (Å²) in [5.41, 5.74) is 2.77. The molecule has 1 amide bonds. The van der Waals surface area contributed by atoms with Gasteiger partial charge in [-0.2, -0.15) is 0 Å². The minimum Gasteiger partial charge on any atom is -0.497 e. The Morgan fingerprint density at radius 3 is 2.66 bits per heavy atom. The lowest BCUT2D eigenvalue weighted by atomic mass is 10.1. The van der Waals surface area contributed by atoms with Crippen LogP contribution in [0.3, 0.4) is 0 Å². The fraction of sp³-hybridized carbons (Fsp3) is 0.273. The molecular formula is C22H24N4O2S. The topological polar surface area (TPSA) is 57.7 Å². The lowest BCUT2D eigenvalue weighted by Gasteiger charge is -2.34. The fourth-order valence-electron chi connectivity index (χ4n) is 3.36. The van der Waals surface area contributed by atoms with E-state index in [0.29, 0.717) is 11.3 Å². The van der Waals surface area contributed by atoms with Crippen LogP contribution in [-0.2, 0) is 6.54 Å². The van der Waals surface area contributed by atoms with Gasteiger partial charge in [0, 0.05) is 49.4 Å². The Labute approximate surface area is 174 Å². The van der Waals surface area contributed by atoms with Crippen LogP contribution >= 0.6 is 11.3 Å². The van der Waals surface area contributed by atoms with Gasteiger partial charge in [0.15, 0.2) is 5.13 Å². The molecule has 1 aliphatic rings. The highest BCUT2D eigenvalue weighted by Gasteiger charge is 2.23. The number of amides is 1. The van der Waals surface area contributed by atoms with Crippen LogP contribution in [-0.4, -0.2) is 54.0 Å². The number of aromatic nitrogens is 1. The van der Waals surface area contributed by atoms with Crippen LogP contribution in [0, 0.1) is 0 Å². The van der Waals surface area contributed by atoms with Crippen LogP contribution in [0.25, 0.3) is 0 Å². The molecule has 1 aromatic heterocycles. The number of nitrogens with one attached hydrogen (secondary N) is 1. The van der Waals surface area contributed by atoms with Crippen molar-refractivity contribution in [2.45, 2.75) is 6.54 Å². The first-order chi connectivity index (χ1) is 14.2. The van der Waals surface area contributed by atoms with Gasteiger partial charge in [-0.3, -0.25) is 9.69 Å². The molecule has 0 aliphatic carbocycles. The van der Waals surface area contributed by atoms with E-state index in [1.54, 1.807) is 24.5 Å². The number of thiazole rings is 1. The van der Waals surface area contributed by atoms with Gasteiger partial charge in [-0.05, 0) is 30.3 Å². The van der Waals surface area contributed by atoms with Crippen LogP contribution in [0.2, 0.25) is 0 Å². The molecule has 1 saturated heterocycles. The molecule has 29 heavy (non-hydrogen) atoms. The second kappa shape index (κ2) is 9.07. The molecule has 0 bridgehead atoms. The minimum absolute atomic E-state index is 0.0616. The number of anilines is 2. The van der Waals surface area contributed by atoms with E-state index < -0.39 is 0 Å². The highest BCUT2D eigenvalue weighted by molar-refractivity contribution is 7.13. The van der Waals surface area contributed by atoms with E-state index >= 15 is 0 Å². The third-order valence-electron chi connectivity index (χ3n) is 4.94. The maximum absolute atomic E-state index is 12.7. The number of para-hydroxylation sites is 1. The van der Waals surface area contributed by atoms with Crippen molar-refractivity contribution in [3.8, 4) is 5.75 Å². The molecule has 0 atom stereocenters. The number of hydrogen-bond donors (Lipinski definition) is 1. The maximum atomic E-state index is 12.7. The van der Waals surface area contributed by atoms with Crippen LogP contribution in [0.1, 0.15) is 16.1 Å². The Hall–Kier alpha value is -2.90. The Morgan fingerprint density at radius 2 is 1.90 bits per heavy atom. The van der Waals surface area contributed by atoms with Crippen molar-refractivity contribution >= 4 is 28.1 Å². The number of piperazine rings is 1. The summed E-state index contributed by atoms with van der Waals surface area (Å²) in [4.78, 5) is 21.7. The highest BCUT2D eigenvalue weighted by atomic mass is 32.1. The van der Waals surface area contributed by atoms with Crippen LogP contribution in [0.15, 0.2) is 60.0 Å². The van der Waals surface area contributed by atoms with Crippen LogP contribution in [0.4, 0.5) is 10.8 Å². The van der Waals surface area contributed by atoms with E-state index in [2.05, 4.69) is 15.6 Å². The molecular weight excluding hydrogens is 384 g/mol. The summed E-state index contributed by atoms with van der Waals surface area (Å²) < 4.78 is 5.23. The average Bonchev–Trinajstić information content (AvgIpc) is 3.21. The molecule has 150 valence electrons. The van der Waals surface area contributed by atoms with Gasteiger partial charge >= 0.3 is 0 Å². The lowest BCUT2D eigenvalue weighted by molar-refractivity contribution is 0.0627. The zero-order valence-electron chi connectivity index (χ0n) is 16.4. The summed E-state index contributed by atoms with van der Waals surface area (Å²) in [6.45, 7) is 3.92. The number of carbonyl (C=O) groups excluding carboxylic acids is 1. The SMILES string of the molecule is COc1cccc(C(=O)N2CCN(Cc3csc(Nc4ccccc4)n3)CC2)c1. The summed E-state index contributed by atoms with van der Waals surface area (Å²) in [5, 5.41) is 6.33. The van der Waals surface area contributed by atoms with Gasteiger partial charge in [0.1, 0.15) is 5.75 Å². The molecule has 1 N–H and O–H groups in total. The molecule has 4 rings (SSSR count). The Kier molecular flexibility index (Phi) is 6.07. The third-order valence-corrected chi connectivity index (χ3v) is 5.75. The largest absolute Gasteiger partial charge is 0.497 e. The second-order valence-corrected chi connectivity index (χ2v) is 7.79. The number of carbonyl (C=O) groups is 1. The molecule has 6 nitrogen and oxygen atoms in total. The maximum Gasteiger partial charge on any atom is 0.254 e. The molecule has 0 radical (unpaired) electrons. The van der Waals surface area contributed by atoms with E-state index in [0.717, 1.165) is 49.2 Å². The summed E-state index contributed by atoms with van der Waals surface area (Å²) in [6, 6.07) is 17.4. The predicted molar refractivity (Wildman–Crippen MR) is 116 cm³/mol. The van der Waals surface area contributed by atoms with E-state index in [1.807, 2.05) is 53.4 Å². The van der Waals surface area contributed by atoms with Gasteiger partial charge in [-0.25, -0.2) is 4.98 Å². The van der Waals surface area contributed by atoms with Crippen molar-refractivity contribution in [1.82, 2.24) is 14.8 Å². The highest BCUT2D eigenvalue weighted by Crippen LogP contribution is 2.22. The number of rotatable bonds is 6. The molecule has 1 fully saturated rings. The van der Waals surface area contributed by atoms with Gasteiger partial charge in [-0.15, -0.1) is 11.3 Å². The molecule has 0 saturated carbocycles. The van der Waals surface area contributed by atoms with E-state index in [9.17, 15) is 4.79 Å². The van der Waals surface area contributed by atoms with Crippen LogP contribution < -0.4 is 10.1 Å². The van der Waals surface area contributed by atoms with Gasteiger partial charge < -0.3 is 15.0 Å². The van der Waals surface area contributed by atoms with Gasteiger partial charge in [0.25, 0.3) is 5.91 Å². The first-order valence-corrected chi connectivity index (χ1v) is 10.5. The lowest BCUT2D eigenvalue weighted by Crippen LogP contribution is -2.48. The van der Waals surface area contributed by atoms with Gasteiger partial charge in [-0.1, -0.05) is 24.3 Å². The first-order valence-electron chi connectivity index (χ1n) is 9.63. The van der Waals surface area contributed by atoms with E-state index in [4.69, 9.17) is 9.72 Å². The molecule has 1 aliphatic heterocycles. The van der Waals surface area contributed by atoms with Crippen molar-refractivity contribution in [1.29, 1.82) is 0 Å². The minimum atomic E-state index is 0.0616. The van der Waals surface area contributed by atoms with Crippen molar-refractivity contribution in [3.63, 3.8) is 0 Å². The number of benzene rings is 2. The zero-order chi connectivity index (χ0) is 20.1. The first kappa shape index (κ1) is 19.4. The number of methoxy groups -OCH3 is 1. The fourth-order valence-corrected chi connectivity index (χ4v) is 4.08. The molecule has 7 heteroatoms. The summed E-state index contributed by atoms with van der Waals surface area (Å²) >= 11 is 1.61. The number of ether oxygens (including phenoxy) is 1. The average molecular weight is 409 g/mol. The smallest absolute Gasteiger partial charge is 0.254 e. The Bertz CT molecular complexity index is 952. The quantitative estimate of drug-likeness (QED) is 0.671. The van der Waals surface area contributed by atoms with Gasteiger partial charge in [0.2, 0.25) is 0 Å². The molecule has 3 aromatic rings. The Balaban J connectivity index is 1.29. The molecule has 0 unspecified atom stereocenters. The summed E-state index contributed by atoms with van der Waals surface area (Å²) in [6.07, 6.45) is 0. The van der Waals surface area contributed by atoms with Crippen molar-refractivity contribution in [2.24, 2.45) is 0 Å². The summed E-state index contributed by atoms with van der Waals surface area (Å²) in [5.74, 6) is 0.768. The monoisotopic (exact) mass is 408 g/mol. The molecule has 2 heterocycles. The van der Waals surface area contributed by atoms with Crippen molar-refractivity contribution < 1.29 is 9.53 Å². The van der Waals surface area contributed by atoms with Crippen LogP contribution in [0.5, 0.6) is 5.75 Å². The van der Waals surface area contributed by atoms with Gasteiger partial charge in [0.05, 0.1) is 12.8 Å². The third kappa shape index (κ3) is 4.93. The molecule has 2 aromatic carbocycles. The summed E-state index contributed by atoms with van der Waals surface area (Å²) in [7, 11) is 1.61. The zero-order valence-corrected chi connectivity index (χ0v) is 17.2. The van der Waals surface area contributed by atoms with E-state index in [1.165, 1.54) is 0 Å². The predicted octanol–water partition coefficient (Wildman–Crippen LogP) is 3.85. The number of nitrogens with zero attached hydrogens (tertiary/aromatic N) is 3. The number of hydrogen-bond acceptors (Lipinski definition) is 6.